The number of aromatic nitrogens is 4. The number of aryl methyl sites for hydroxylation is 2. The normalized spacial score (nSPS) is 17.3. The van der Waals surface area contributed by atoms with Gasteiger partial charge in [-0.2, -0.15) is 9.98 Å². The van der Waals surface area contributed by atoms with Gasteiger partial charge >= 0.3 is 0 Å². The molecular formula is C24H28N8O4S. The van der Waals surface area contributed by atoms with Crippen LogP contribution in [0.3, 0.4) is 0 Å². The lowest BCUT2D eigenvalue weighted by atomic mass is 10.1. The van der Waals surface area contributed by atoms with E-state index in [1.165, 1.54) is 6.07 Å². The van der Waals surface area contributed by atoms with Crippen molar-refractivity contribution < 1.29 is 17.6 Å². The molecule has 0 radical (unpaired) electrons. The number of anilines is 1. The third-order valence-corrected chi connectivity index (χ3v) is 8.14. The molecule has 3 aromatic rings. The lowest BCUT2D eigenvalue weighted by molar-refractivity contribution is -0.134. The highest BCUT2D eigenvalue weighted by Crippen LogP contribution is 2.38. The number of sulfonamides is 1. The Morgan fingerprint density at radius 2 is 1.84 bits per heavy atom. The summed E-state index contributed by atoms with van der Waals surface area (Å²) in [6, 6.07) is 5.13. The Labute approximate surface area is 214 Å². The second kappa shape index (κ2) is 9.04. The van der Waals surface area contributed by atoms with Crippen molar-refractivity contribution in [2.75, 3.05) is 31.1 Å². The summed E-state index contributed by atoms with van der Waals surface area (Å²) in [5, 5.41) is 17.9. The predicted octanol–water partition coefficient (Wildman–Crippen LogP) is 1.94. The van der Waals surface area contributed by atoms with E-state index in [0.717, 1.165) is 0 Å². The number of nitrogens with zero attached hydrogens (tertiary/aromatic N) is 7. The Hall–Kier alpha value is -3.63. The first-order chi connectivity index (χ1) is 17.5. The molecule has 13 heteroatoms. The van der Waals surface area contributed by atoms with Crippen LogP contribution in [-0.2, 0) is 14.8 Å². The fraction of sp³-hybridized carbons (Fsp3) is 0.500. The van der Waals surface area contributed by atoms with Gasteiger partial charge in [0, 0.05) is 44.4 Å². The molecule has 1 aliphatic carbocycles. The van der Waals surface area contributed by atoms with Crippen molar-refractivity contribution in [3.63, 3.8) is 0 Å². The van der Waals surface area contributed by atoms with Crippen LogP contribution in [0.4, 0.5) is 5.69 Å². The number of nitrogens with one attached hydrogen (secondary N) is 1. The van der Waals surface area contributed by atoms with Gasteiger partial charge in [-0.05, 0) is 31.9 Å². The van der Waals surface area contributed by atoms with E-state index in [0.29, 0.717) is 73.0 Å². The summed E-state index contributed by atoms with van der Waals surface area (Å²) in [5.41, 5.74) is 0.394. The van der Waals surface area contributed by atoms with Crippen LogP contribution in [0.15, 0.2) is 21.4 Å². The van der Waals surface area contributed by atoms with Crippen LogP contribution in [-0.4, -0.2) is 71.1 Å². The molecule has 2 fully saturated rings. The molecule has 37 heavy (non-hydrogen) atoms. The van der Waals surface area contributed by atoms with Gasteiger partial charge in [-0.3, -0.25) is 4.79 Å². The molecule has 0 unspecified atom stereocenters. The second-order valence-electron chi connectivity index (χ2n) is 9.85. The maximum Gasteiger partial charge on any atom is 0.267 e. The molecule has 1 N–H and O–H groups in total. The van der Waals surface area contributed by atoms with Gasteiger partial charge in [-0.1, -0.05) is 13.8 Å². The van der Waals surface area contributed by atoms with E-state index in [1.807, 2.05) is 23.6 Å². The zero-order valence-corrected chi connectivity index (χ0v) is 22.0. The number of fused-ring (bicyclic) bond motifs is 1. The molecule has 1 aliphatic heterocycles. The summed E-state index contributed by atoms with van der Waals surface area (Å²) in [6.07, 6.45) is 0.924. The molecule has 0 spiro atoms. The number of carbonyl (C=O) groups is 1. The first-order valence-electron chi connectivity index (χ1n) is 12.1. The Morgan fingerprint density at radius 3 is 2.41 bits per heavy atom. The summed E-state index contributed by atoms with van der Waals surface area (Å²) >= 11 is 0. The quantitative estimate of drug-likeness (QED) is 0.505. The average Bonchev–Trinajstić information content (AvgIpc) is 3.50. The summed E-state index contributed by atoms with van der Waals surface area (Å²) in [4.78, 5) is 25.5. The van der Waals surface area contributed by atoms with E-state index in [-0.39, 0.29) is 22.6 Å². The van der Waals surface area contributed by atoms with Gasteiger partial charge in [-0.25, -0.2) is 18.4 Å². The highest BCUT2D eigenvalue weighted by Gasteiger charge is 2.47. The Bertz CT molecular complexity index is 1530. The second-order valence-corrected chi connectivity index (χ2v) is 11.5. The van der Waals surface area contributed by atoms with Crippen molar-refractivity contribution in [3.05, 3.63) is 23.8 Å². The Kier molecular flexibility index (Phi) is 6.12. The fourth-order valence-electron chi connectivity index (χ4n) is 4.46. The topological polar surface area (TPSA) is 158 Å². The molecule has 1 saturated heterocycles. The number of benzene rings is 1. The Morgan fingerprint density at radius 1 is 1.14 bits per heavy atom. The van der Waals surface area contributed by atoms with Crippen LogP contribution in [0.5, 0.6) is 0 Å². The minimum absolute atomic E-state index is 0.0119. The Balaban J connectivity index is 1.64. The first kappa shape index (κ1) is 25.0. The van der Waals surface area contributed by atoms with Gasteiger partial charge < -0.3 is 14.2 Å². The zero-order valence-electron chi connectivity index (χ0n) is 21.1. The molecule has 0 bridgehead atoms. The third-order valence-electron chi connectivity index (χ3n) is 6.62. The first-order valence-corrected chi connectivity index (χ1v) is 13.6. The fourth-order valence-corrected chi connectivity index (χ4v) is 5.88. The van der Waals surface area contributed by atoms with E-state index in [4.69, 9.17) is 4.42 Å². The monoisotopic (exact) mass is 524 g/mol. The predicted molar refractivity (Wildman–Crippen MR) is 134 cm³/mol. The number of amides is 1. The van der Waals surface area contributed by atoms with E-state index in [2.05, 4.69) is 31.0 Å². The molecule has 0 atom stereocenters. The van der Waals surface area contributed by atoms with Gasteiger partial charge in [-0.15, -0.1) is 10.2 Å². The van der Waals surface area contributed by atoms with Crippen molar-refractivity contribution in [2.24, 2.45) is 5.92 Å². The molecule has 2 aromatic heterocycles. The van der Waals surface area contributed by atoms with Crippen molar-refractivity contribution >= 4 is 32.5 Å². The standard InChI is InChI=1S/C24H28N8O4S/c1-14(2)23(33)32-9-7-31(8-10-32)19-12-17(37(34,35)30-24(13-25)5-6-24)11-18-20(19)26-15(3)27-21(18)22-29-28-16(4)36-22/h11-12,14,30H,5-10H2,1-4H3. The number of hydrogen-bond donors (Lipinski definition) is 1. The van der Waals surface area contributed by atoms with Crippen LogP contribution < -0.4 is 9.62 Å². The number of carbonyl (C=O) groups excluding carboxylic acids is 1. The molecule has 1 aromatic carbocycles. The molecule has 1 saturated carbocycles. The van der Waals surface area contributed by atoms with Crippen LogP contribution in [0.1, 0.15) is 38.4 Å². The van der Waals surface area contributed by atoms with Gasteiger partial charge in [0.25, 0.3) is 5.89 Å². The highest BCUT2D eigenvalue weighted by atomic mass is 32.2. The van der Waals surface area contributed by atoms with Crippen molar-refractivity contribution in [1.29, 1.82) is 5.26 Å². The number of rotatable bonds is 6. The minimum atomic E-state index is -4.05. The summed E-state index contributed by atoms with van der Waals surface area (Å²) in [5.74, 6) is 0.953. The molecule has 2 aliphatic rings. The molecule has 194 valence electrons. The van der Waals surface area contributed by atoms with E-state index < -0.39 is 15.6 Å². The summed E-state index contributed by atoms with van der Waals surface area (Å²) in [7, 11) is -4.05. The summed E-state index contributed by atoms with van der Waals surface area (Å²) in [6.45, 7) is 9.17. The molecule has 12 nitrogen and oxygen atoms in total. The minimum Gasteiger partial charge on any atom is -0.420 e. The maximum atomic E-state index is 13.4. The summed E-state index contributed by atoms with van der Waals surface area (Å²) < 4.78 is 35.1. The number of piperazine rings is 1. The van der Waals surface area contributed by atoms with Crippen LogP contribution in [0, 0.1) is 31.1 Å². The largest absolute Gasteiger partial charge is 0.420 e. The molecule has 3 heterocycles. The number of nitriles is 1. The third kappa shape index (κ3) is 4.74. The smallest absolute Gasteiger partial charge is 0.267 e. The van der Waals surface area contributed by atoms with Crippen LogP contribution in [0.25, 0.3) is 22.5 Å². The lowest BCUT2D eigenvalue weighted by Crippen LogP contribution is -2.50. The average molecular weight is 525 g/mol. The van der Waals surface area contributed by atoms with E-state index >= 15 is 0 Å². The van der Waals surface area contributed by atoms with Gasteiger partial charge in [0.2, 0.25) is 21.8 Å². The zero-order chi connectivity index (χ0) is 26.5. The van der Waals surface area contributed by atoms with Crippen LogP contribution in [0.2, 0.25) is 0 Å². The molecule has 5 rings (SSSR count). The van der Waals surface area contributed by atoms with Gasteiger partial charge in [0.05, 0.1) is 22.2 Å². The molecular weight excluding hydrogens is 496 g/mol. The highest BCUT2D eigenvalue weighted by molar-refractivity contribution is 7.89. The van der Waals surface area contributed by atoms with Gasteiger partial charge in [0.1, 0.15) is 17.1 Å². The maximum absolute atomic E-state index is 13.4. The SMILES string of the molecule is Cc1nc(-c2nnc(C)o2)c2cc(S(=O)(=O)NC3(C#N)CC3)cc(N3CCN(C(=O)C(C)C)CC3)c2n1. The lowest BCUT2D eigenvalue weighted by Gasteiger charge is -2.37. The molecule has 1 amide bonds. The van der Waals surface area contributed by atoms with Gasteiger partial charge in [0.15, 0.2) is 0 Å². The van der Waals surface area contributed by atoms with Crippen molar-refractivity contribution in [3.8, 4) is 17.7 Å². The van der Waals surface area contributed by atoms with E-state index in [1.54, 1.807) is 19.9 Å². The van der Waals surface area contributed by atoms with Crippen molar-refractivity contribution in [1.82, 2.24) is 29.8 Å². The van der Waals surface area contributed by atoms with Crippen LogP contribution >= 0.6 is 0 Å². The van der Waals surface area contributed by atoms with Crippen molar-refractivity contribution in [2.45, 2.75) is 51.0 Å². The number of hydrogen-bond acceptors (Lipinski definition) is 10. The van der Waals surface area contributed by atoms with E-state index in [9.17, 15) is 18.5 Å².